The summed E-state index contributed by atoms with van der Waals surface area (Å²) in [6.45, 7) is 4.92. The van der Waals surface area contributed by atoms with Gasteiger partial charge in [0, 0.05) is 12.8 Å². The first-order valence-corrected chi connectivity index (χ1v) is 21.8. The number of rotatable bonds is 39. The molecule has 52 heavy (non-hydrogen) atoms. The molecule has 0 saturated heterocycles. The third-order valence-electron chi connectivity index (χ3n) is 9.66. The molecule has 302 valence electrons. The summed E-state index contributed by atoms with van der Waals surface area (Å²) in [5, 5.41) is 11.9. The van der Waals surface area contributed by atoms with Crippen LogP contribution >= 0.6 is 0 Å². The highest BCUT2D eigenvalue weighted by Crippen LogP contribution is 2.16. The molecule has 0 aromatic rings. The summed E-state index contributed by atoms with van der Waals surface area (Å²) in [6.07, 6.45) is 46.3. The topological polar surface area (TPSA) is 119 Å². The zero-order chi connectivity index (χ0) is 38.2. The second kappa shape index (κ2) is 39.8. The summed E-state index contributed by atoms with van der Waals surface area (Å²) in [6, 6.07) is -0.854. The van der Waals surface area contributed by atoms with Crippen molar-refractivity contribution < 1.29 is 24.2 Å². The largest absolute Gasteiger partial charge is 0.480 e. The van der Waals surface area contributed by atoms with Crippen molar-refractivity contribution in [2.45, 2.75) is 225 Å². The number of carbonyl (C=O) groups is 3. The summed E-state index contributed by atoms with van der Waals surface area (Å²) in [5.74, 6) is -1.28. The predicted octanol–water partition coefficient (Wildman–Crippen LogP) is 12.2. The van der Waals surface area contributed by atoms with Crippen molar-refractivity contribution in [3.8, 4) is 0 Å². The fraction of sp³-hybridized carbons (Fsp3) is 0.800. The lowest BCUT2D eigenvalue weighted by Crippen LogP contribution is -2.40. The van der Waals surface area contributed by atoms with Crippen molar-refractivity contribution in [3.05, 3.63) is 36.5 Å². The van der Waals surface area contributed by atoms with Gasteiger partial charge in [0.1, 0.15) is 12.1 Å². The molecule has 0 radical (unpaired) electrons. The van der Waals surface area contributed by atoms with Crippen LogP contribution in [0.25, 0.3) is 0 Å². The number of aliphatic carboxylic acids is 1. The molecule has 4 N–H and O–H groups in total. The van der Waals surface area contributed by atoms with E-state index in [0.29, 0.717) is 32.2 Å². The zero-order valence-corrected chi connectivity index (χ0v) is 33.9. The van der Waals surface area contributed by atoms with Gasteiger partial charge in [0.05, 0.1) is 0 Å². The van der Waals surface area contributed by atoms with E-state index in [4.69, 9.17) is 10.5 Å². The molecule has 0 aliphatic rings. The average molecular weight is 731 g/mol. The lowest BCUT2D eigenvalue weighted by atomic mass is 10.0. The fourth-order valence-electron chi connectivity index (χ4n) is 6.33. The van der Waals surface area contributed by atoms with Crippen LogP contribution in [0.3, 0.4) is 0 Å². The van der Waals surface area contributed by atoms with Gasteiger partial charge in [-0.3, -0.25) is 9.59 Å². The van der Waals surface area contributed by atoms with Crippen LogP contribution in [-0.2, 0) is 19.1 Å². The second-order valence-electron chi connectivity index (χ2n) is 14.7. The molecular weight excluding hydrogens is 649 g/mol. The normalized spacial score (nSPS) is 13.0. The summed E-state index contributed by atoms with van der Waals surface area (Å²) in [5.41, 5.74) is 5.47. The van der Waals surface area contributed by atoms with Crippen LogP contribution in [0.1, 0.15) is 213 Å². The van der Waals surface area contributed by atoms with Crippen LogP contribution in [0.4, 0.5) is 0 Å². The Labute approximate surface area is 320 Å². The number of allylic oxidation sites excluding steroid dienone is 5. The molecule has 0 aromatic heterocycles. The molecule has 0 bridgehead atoms. The van der Waals surface area contributed by atoms with Gasteiger partial charge in [-0.1, -0.05) is 147 Å². The zero-order valence-electron chi connectivity index (χ0n) is 33.9. The maximum atomic E-state index is 12.7. The van der Waals surface area contributed by atoms with E-state index >= 15 is 0 Å². The van der Waals surface area contributed by atoms with Crippen LogP contribution in [0.2, 0.25) is 0 Å². The van der Waals surface area contributed by atoms with Crippen molar-refractivity contribution in [2.75, 3.05) is 6.54 Å². The van der Waals surface area contributed by atoms with Crippen LogP contribution in [0.15, 0.2) is 36.5 Å². The fourth-order valence-corrected chi connectivity index (χ4v) is 6.33. The quantitative estimate of drug-likeness (QED) is 0.0329. The SMILES string of the molecule is CCCCCC/C=C\C/C=C\CCCCCCCC(=O)OC(/C=C\CCCCCCCCC)CCCCCCCCC(=O)NC(CCCN)C(=O)O. The Kier molecular flexibility index (Phi) is 37.9. The van der Waals surface area contributed by atoms with Gasteiger partial charge in [-0.25, -0.2) is 4.79 Å². The molecule has 0 aliphatic carbocycles. The number of ether oxygens (including phenoxy) is 1. The maximum Gasteiger partial charge on any atom is 0.326 e. The molecule has 1 amide bonds. The number of hydrogen-bond acceptors (Lipinski definition) is 5. The average Bonchev–Trinajstić information content (AvgIpc) is 3.13. The Morgan fingerprint density at radius 2 is 1.06 bits per heavy atom. The number of carboxylic acids is 1. The molecular formula is C45H82N2O5. The summed E-state index contributed by atoms with van der Waals surface area (Å²) in [7, 11) is 0. The highest BCUT2D eigenvalue weighted by atomic mass is 16.5. The first-order chi connectivity index (χ1) is 25.4. The molecule has 0 saturated carbocycles. The number of unbranched alkanes of at least 4 members (excludes halogenated alkanes) is 21. The van der Waals surface area contributed by atoms with Crippen LogP contribution in [0, 0.1) is 0 Å². The lowest BCUT2D eigenvalue weighted by molar-refractivity contribution is -0.147. The molecule has 7 nitrogen and oxygen atoms in total. The monoisotopic (exact) mass is 731 g/mol. The second-order valence-corrected chi connectivity index (χ2v) is 14.7. The molecule has 0 spiro atoms. The van der Waals surface area contributed by atoms with Gasteiger partial charge in [0.25, 0.3) is 0 Å². The Balaban J connectivity index is 4.30. The minimum atomic E-state index is -1.00. The standard InChI is InChI=1S/C45H82N2O5/c1-3-5-7-9-11-13-14-15-16-17-18-19-21-23-29-33-39-44(49)52-41(35-30-26-22-20-12-10-8-6-4-2)36-31-27-24-25-28-32-38-43(48)47-42(45(50)51)37-34-40-46/h13-14,16-17,30,35,41-42H,3-12,15,18-29,31-34,36-40,46H2,1-2H3,(H,47,48)(H,50,51)/b14-13-,17-16-,35-30-. The molecule has 0 fully saturated rings. The van der Waals surface area contributed by atoms with Gasteiger partial charge in [-0.2, -0.15) is 0 Å². The van der Waals surface area contributed by atoms with Crippen molar-refractivity contribution in [2.24, 2.45) is 5.73 Å². The number of nitrogens with two attached hydrogens (primary N) is 1. The Morgan fingerprint density at radius 1 is 0.577 bits per heavy atom. The first-order valence-electron chi connectivity index (χ1n) is 21.8. The van der Waals surface area contributed by atoms with Crippen molar-refractivity contribution >= 4 is 17.8 Å². The Hall–Kier alpha value is -2.41. The van der Waals surface area contributed by atoms with Crippen molar-refractivity contribution in [1.82, 2.24) is 5.32 Å². The molecule has 0 aromatic carbocycles. The summed E-state index contributed by atoms with van der Waals surface area (Å²) < 4.78 is 5.96. The van der Waals surface area contributed by atoms with Gasteiger partial charge in [0.15, 0.2) is 0 Å². The third-order valence-corrected chi connectivity index (χ3v) is 9.66. The maximum absolute atomic E-state index is 12.7. The molecule has 0 aliphatic heterocycles. The van der Waals surface area contributed by atoms with E-state index in [1.165, 1.54) is 96.3 Å². The van der Waals surface area contributed by atoms with Crippen LogP contribution in [-0.4, -0.2) is 41.6 Å². The highest BCUT2D eigenvalue weighted by molar-refractivity contribution is 5.83. The third kappa shape index (κ3) is 36.0. The van der Waals surface area contributed by atoms with E-state index < -0.39 is 12.0 Å². The number of amides is 1. The smallest absolute Gasteiger partial charge is 0.326 e. The lowest BCUT2D eigenvalue weighted by Gasteiger charge is -2.15. The molecule has 0 rings (SSSR count). The van der Waals surface area contributed by atoms with E-state index in [1.54, 1.807) is 0 Å². The number of esters is 1. The molecule has 2 unspecified atom stereocenters. The number of hydrogen-bond donors (Lipinski definition) is 3. The molecule has 7 heteroatoms. The Bertz CT molecular complexity index is 915. The van der Waals surface area contributed by atoms with E-state index in [2.05, 4.69) is 55.6 Å². The number of carbonyl (C=O) groups excluding carboxylic acids is 2. The van der Waals surface area contributed by atoms with Gasteiger partial charge in [0.2, 0.25) is 5.91 Å². The number of carboxylic acid groups (broad SMARTS) is 1. The van der Waals surface area contributed by atoms with Gasteiger partial charge < -0.3 is 20.9 Å². The highest BCUT2D eigenvalue weighted by Gasteiger charge is 2.18. The van der Waals surface area contributed by atoms with Crippen molar-refractivity contribution in [3.63, 3.8) is 0 Å². The predicted molar refractivity (Wildman–Crippen MR) is 220 cm³/mol. The van der Waals surface area contributed by atoms with Gasteiger partial charge in [-0.15, -0.1) is 0 Å². The molecule has 0 heterocycles. The van der Waals surface area contributed by atoms with Crippen molar-refractivity contribution in [1.29, 1.82) is 0 Å². The minimum Gasteiger partial charge on any atom is -0.480 e. The van der Waals surface area contributed by atoms with Crippen LogP contribution < -0.4 is 11.1 Å². The van der Waals surface area contributed by atoms with E-state index in [-0.39, 0.29) is 18.0 Å². The van der Waals surface area contributed by atoms with E-state index in [1.807, 2.05) is 0 Å². The van der Waals surface area contributed by atoms with Gasteiger partial charge in [-0.05, 0) is 96.1 Å². The Morgan fingerprint density at radius 3 is 1.62 bits per heavy atom. The van der Waals surface area contributed by atoms with Gasteiger partial charge >= 0.3 is 11.9 Å². The summed E-state index contributed by atoms with van der Waals surface area (Å²) >= 11 is 0. The summed E-state index contributed by atoms with van der Waals surface area (Å²) in [4.78, 5) is 36.2. The van der Waals surface area contributed by atoms with E-state index in [9.17, 15) is 19.5 Å². The van der Waals surface area contributed by atoms with Crippen LogP contribution in [0.5, 0.6) is 0 Å². The number of nitrogens with one attached hydrogen (secondary N) is 1. The minimum absolute atomic E-state index is 0.0710. The first kappa shape index (κ1) is 49.6. The van der Waals surface area contributed by atoms with E-state index in [0.717, 1.165) is 77.0 Å². The molecule has 2 atom stereocenters.